The highest BCUT2D eigenvalue weighted by atomic mass is 16.5. The molecule has 5 heteroatoms. The van der Waals surface area contributed by atoms with E-state index in [0.29, 0.717) is 17.1 Å². The van der Waals surface area contributed by atoms with Crippen LogP contribution >= 0.6 is 0 Å². The highest BCUT2D eigenvalue weighted by Crippen LogP contribution is 2.26. The number of carbonyl (C=O) groups excluding carboxylic acids is 1. The quantitative estimate of drug-likeness (QED) is 0.794. The van der Waals surface area contributed by atoms with E-state index in [9.17, 15) is 4.79 Å². The van der Waals surface area contributed by atoms with Gasteiger partial charge in [0.1, 0.15) is 5.75 Å². The highest BCUT2D eigenvalue weighted by molar-refractivity contribution is 6.03. The van der Waals surface area contributed by atoms with Crippen LogP contribution in [0.2, 0.25) is 0 Å². The number of furan rings is 1. The Hall–Kier alpha value is -2.43. The van der Waals surface area contributed by atoms with Crippen molar-refractivity contribution in [2.75, 3.05) is 18.2 Å². The number of carbonyl (C=O) groups is 1. The Morgan fingerprint density at radius 1 is 1.41 bits per heavy atom. The van der Waals surface area contributed by atoms with Crippen molar-refractivity contribution < 1.29 is 13.9 Å². The summed E-state index contributed by atoms with van der Waals surface area (Å²) < 4.78 is 10.1. The third-order valence-corrected chi connectivity index (χ3v) is 2.22. The Morgan fingerprint density at radius 3 is 2.88 bits per heavy atom. The molecule has 2 rings (SSSR count). The minimum atomic E-state index is -0.348. The molecule has 0 saturated carbocycles. The van der Waals surface area contributed by atoms with E-state index in [1.54, 1.807) is 30.3 Å². The number of hydrogen-bond acceptors (Lipinski definition) is 4. The number of nitrogens with one attached hydrogen (secondary N) is 1. The van der Waals surface area contributed by atoms with Crippen molar-refractivity contribution in [2.24, 2.45) is 0 Å². The minimum absolute atomic E-state index is 0.231. The van der Waals surface area contributed by atoms with Crippen LogP contribution in [0.1, 0.15) is 10.6 Å². The van der Waals surface area contributed by atoms with Crippen molar-refractivity contribution in [1.29, 1.82) is 0 Å². The van der Waals surface area contributed by atoms with E-state index in [0.717, 1.165) is 0 Å². The van der Waals surface area contributed by atoms with Crippen LogP contribution < -0.4 is 15.8 Å². The van der Waals surface area contributed by atoms with Gasteiger partial charge in [0.15, 0.2) is 5.76 Å². The molecule has 0 aliphatic rings. The number of rotatable bonds is 3. The molecule has 0 spiro atoms. The van der Waals surface area contributed by atoms with Gasteiger partial charge in [0.2, 0.25) is 0 Å². The van der Waals surface area contributed by atoms with Gasteiger partial charge in [-0.05, 0) is 30.3 Å². The molecule has 0 bridgehead atoms. The van der Waals surface area contributed by atoms with E-state index in [4.69, 9.17) is 14.9 Å². The molecule has 0 radical (unpaired) electrons. The van der Waals surface area contributed by atoms with E-state index >= 15 is 0 Å². The standard InChI is InChI=1S/C12H12N2O3/c1-16-10-5-4-8(13)7-9(10)14-12(15)11-3-2-6-17-11/h2-7H,13H2,1H3,(H,14,15). The number of nitrogens with two attached hydrogens (primary N) is 1. The molecule has 0 saturated heterocycles. The molecular formula is C12H12N2O3. The Balaban J connectivity index is 2.23. The summed E-state index contributed by atoms with van der Waals surface area (Å²) in [5.74, 6) is 0.424. The van der Waals surface area contributed by atoms with Gasteiger partial charge in [-0.25, -0.2) is 0 Å². The van der Waals surface area contributed by atoms with Gasteiger partial charge in [-0.15, -0.1) is 0 Å². The summed E-state index contributed by atoms with van der Waals surface area (Å²) in [6, 6.07) is 8.23. The largest absolute Gasteiger partial charge is 0.495 e. The second-order valence-corrected chi connectivity index (χ2v) is 3.39. The molecule has 0 atom stereocenters. The van der Waals surface area contributed by atoms with Crippen molar-refractivity contribution in [1.82, 2.24) is 0 Å². The lowest BCUT2D eigenvalue weighted by atomic mass is 10.2. The molecule has 1 aromatic carbocycles. The number of hydrogen-bond donors (Lipinski definition) is 2. The van der Waals surface area contributed by atoms with Gasteiger partial charge < -0.3 is 20.2 Å². The molecular weight excluding hydrogens is 220 g/mol. The smallest absolute Gasteiger partial charge is 0.291 e. The van der Waals surface area contributed by atoms with Gasteiger partial charge in [0.05, 0.1) is 19.1 Å². The van der Waals surface area contributed by atoms with Crippen LogP contribution in [0.5, 0.6) is 5.75 Å². The molecule has 0 aliphatic carbocycles. The summed E-state index contributed by atoms with van der Waals surface area (Å²) in [5, 5.41) is 2.67. The Morgan fingerprint density at radius 2 is 2.24 bits per heavy atom. The first-order valence-corrected chi connectivity index (χ1v) is 4.99. The van der Waals surface area contributed by atoms with Gasteiger partial charge in [0, 0.05) is 5.69 Å². The van der Waals surface area contributed by atoms with Crippen molar-refractivity contribution in [3.63, 3.8) is 0 Å². The topological polar surface area (TPSA) is 77.5 Å². The Bertz CT molecular complexity index is 521. The fraction of sp³-hybridized carbons (Fsp3) is 0.0833. The zero-order chi connectivity index (χ0) is 12.3. The first-order chi connectivity index (χ1) is 8.20. The normalized spacial score (nSPS) is 9.94. The summed E-state index contributed by atoms with van der Waals surface area (Å²) in [7, 11) is 1.52. The summed E-state index contributed by atoms with van der Waals surface area (Å²) in [6.45, 7) is 0. The molecule has 1 heterocycles. The third-order valence-electron chi connectivity index (χ3n) is 2.22. The van der Waals surface area contributed by atoms with Gasteiger partial charge in [-0.1, -0.05) is 0 Å². The Kier molecular flexibility index (Phi) is 3.00. The van der Waals surface area contributed by atoms with Crippen LogP contribution in [-0.2, 0) is 0 Å². The van der Waals surface area contributed by atoms with Gasteiger partial charge in [-0.3, -0.25) is 4.79 Å². The molecule has 0 aliphatic heterocycles. The predicted octanol–water partition coefficient (Wildman–Crippen LogP) is 2.12. The monoisotopic (exact) mass is 232 g/mol. The fourth-order valence-electron chi connectivity index (χ4n) is 1.41. The van der Waals surface area contributed by atoms with E-state index in [1.807, 2.05) is 0 Å². The van der Waals surface area contributed by atoms with Crippen LogP contribution in [0.4, 0.5) is 11.4 Å². The maximum absolute atomic E-state index is 11.8. The lowest BCUT2D eigenvalue weighted by Crippen LogP contribution is -2.11. The fourth-order valence-corrected chi connectivity index (χ4v) is 1.41. The summed E-state index contributed by atoms with van der Waals surface area (Å²) >= 11 is 0. The maximum atomic E-state index is 11.8. The lowest BCUT2D eigenvalue weighted by molar-refractivity contribution is 0.0996. The number of amides is 1. The second kappa shape index (κ2) is 4.61. The molecule has 88 valence electrons. The number of anilines is 2. The summed E-state index contributed by atoms with van der Waals surface area (Å²) in [4.78, 5) is 11.8. The number of methoxy groups -OCH3 is 1. The van der Waals surface area contributed by atoms with Crippen molar-refractivity contribution >= 4 is 17.3 Å². The SMILES string of the molecule is COc1ccc(N)cc1NC(=O)c1ccco1. The van der Waals surface area contributed by atoms with E-state index in [2.05, 4.69) is 5.32 Å². The number of nitrogen functional groups attached to an aromatic ring is 1. The number of ether oxygens (including phenoxy) is 1. The van der Waals surface area contributed by atoms with E-state index < -0.39 is 0 Å². The summed E-state index contributed by atoms with van der Waals surface area (Å²) in [5.41, 5.74) is 6.70. The maximum Gasteiger partial charge on any atom is 0.291 e. The molecule has 0 fully saturated rings. The van der Waals surface area contributed by atoms with Gasteiger partial charge in [-0.2, -0.15) is 0 Å². The minimum Gasteiger partial charge on any atom is -0.495 e. The van der Waals surface area contributed by atoms with E-state index in [-0.39, 0.29) is 11.7 Å². The first kappa shape index (κ1) is 11.1. The van der Waals surface area contributed by atoms with Crippen LogP contribution in [-0.4, -0.2) is 13.0 Å². The van der Waals surface area contributed by atoms with Crippen molar-refractivity contribution in [3.05, 3.63) is 42.4 Å². The predicted molar refractivity (Wildman–Crippen MR) is 64.1 cm³/mol. The lowest BCUT2D eigenvalue weighted by Gasteiger charge is -2.09. The third kappa shape index (κ3) is 2.39. The molecule has 3 N–H and O–H groups in total. The zero-order valence-electron chi connectivity index (χ0n) is 9.27. The molecule has 1 aromatic heterocycles. The second-order valence-electron chi connectivity index (χ2n) is 3.39. The Labute approximate surface area is 98.2 Å². The van der Waals surface area contributed by atoms with Crippen molar-refractivity contribution in [2.45, 2.75) is 0 Å². The van der Waals surface area contributed by atoms with Gasteiger partial charge >= 0.3 is 0 Å². The highest BCUT2D eigenvalue weighted by Gasteiger charge is 2.11. The molecule has 17 heavy (non-hydrogen) atoms. The van der Waals surface area contributed by atoms with E-state index in [1.165, 1.54) is 13.4 Å². The molecule has 0 unspecified atom stereocenters. The zero-order valence-corrected chi connectivity index (χ0v) is 9.27. The molecule has 2 aromatic rings. The van der Waals surface area contributed by atoms with Crippen LogP contribution in [0.3, 0.4) is 0 Å². The van der Waals surface area contributed by atoms with Gasteiger partial charge in [0.25, 0.3) is 5.91 Å². The average molecular weight is 232 g/mol. The molecule has 5 nitrogen and oxygen atoms in total. The average Bonchev–Trinajstić information content (AvgIpc) is 2.83. The first-order valence-electron chi connectivity index (χ1n) is 4.99. The van der Waals surface area contributed by atoms with Crippen molar-refractivity contribution in [3.8, 4) is 5.75 Å². The van der Waals surface area contributed by atoms with Crippen LogP contribution in [0, 0.1) is 0 Å². The summed E-state index contributed by atoms with van der Waals surface area (Å²) in [6.07, 6.45) is 1.44. The van der Waals surface area contributed by atoms with Crippen LogP contribution in [0.25, 0.3) is 0 Å². The van der Waals surface area contributed by atoms with Crippen LogP contribution in [0.15, 0.2) is 41.0 Å². The molecule has 1 amide bonds. The number of benzene rings is 1.